The Labute approximate surface area is 93.0 Å². The molecule has 3 heteroatoms. The van der Waals surface area contributed by atoms with Gasteiger partial charge in [0.2, 0.25) is 0 Å². The summed E-state index contributed by atoms with van der Waals surface area (Å²) in [5.41, 5.74) is 0. The Morgan fingerprint density at radius 3 is 2.27 bits per heavy atom. The van der Waals surface area contributed by atoms with Crippen molar-refractivity contribution in [3.8, 4) is 0 Å². The van der Waals surface area contributed by atoms with Crippen LogP contribution in [0.25, 0.3) is 0 Å². The van der Waals surface area contributed by atoms with Gasteiger partial charge in [0.25, 0.3) is 0 Å². The summed E-state index contributed by atoms with van der Waals surface area (Å²) in [6.45, 7) is 6.28. The van der Waals surface area contributed by atoms with Gasteiger partial charge in [0, 0.05) is 12.1 Å². The molecule has 0 radical (unpaired) electrons. The highest BCUT2D eigenvalue weighted by Crippen LogP contribution is 2.17. The molecule has 2 N–H and O–H groups in total. The summed E-state index contributed by atoms with van der Waals surface area (Å²) >= 11 is 0. The van der Waals surface area contributed by atoms with Crippen molar-refractivity contribution in [2.24, 2.45) is 5.92 Å². The standard InChI is InChI=1S/C12H24N2O/c1-9(2)10(3)13-12(15)14-11-7-5-4-6-8-11/h9-11H,4-8H2,1-3H3,(H2,13,14,15). The van der Waals surface area contributed by atoms with E-state index in [-0.39, 0.29) is 12.1 Å². The lowest BCUT2D eigenvalue weighted by Gasteiger charge is -2.25. The predicted molar refractivity (Wildman–Crippen MR) is 62.8 cm³/mol. The second-order valence-corrected chi connectivity index (χ2v) is 4.99. The molecule has 1 rings (SSSR count). The largest absolute Gasteiger partial charge is 0.335 e. The number of amides is 2. The van der Waals surface area contributed by atoms with E-state index in [9.17, 15) is 4.79 Å². The fraction of sp³-hybridized carbons (Fsp3) is 0.917. The third kappa shape index (κ3) is 4.54. The molecule has 88 valence electrons. The molecule has 0 aromatic heterocycles. The maximum atomic E-state index is 11.6. The topological polar surface area (TPSA) is 41.1 Å². The molecule has 3 nitrogen and oxygen atoms in total. The van der Waals surface area contributed by atoms with E-state index in [4.69, 9.17) is 0 Å². The van der Waals surface area contributed by atoms with Crippen molar-refractivity contribution >= 4 is 6.03 Å². The van der Waals surface area contributed by atoms with Gasteiger partial charge in [-0.15, -0.1) is 0 Å². The molecule has 1 atom stereocenters. The van der Waals surface area contributed by atoms with Crippen LogP contribution in [0, 0.1) is 5.92 Å². The highest BCUT2D eigenvalue weighted by atomic mass is 16.2. The lowest BCUT2D eigenvalue weighted by Crippen LogP contribution is -2.47. The van der Waals surface area contributed by atoms with Crippen molar-refractivity contribution < 1.29 is 4.79 Å². The zero-order valence-electron chi connectivity index (χ0n) is 10.2. The second-order valence-electron chi connectivity index (χ2n) is 4.99. The molecule has 0 saturated heterocycles. The van der Waals surface area contributed by atoms with Crippen LogP contribution in [0.4, 0.5) is 4.79 Å². The quantitative estimate of drug-likeness (QED) is 0.742. The van der Waals surface area contributed by atoms with E-state index in [2.05, 4.69) is 24.5 Å². The highest BCUT2D eigenvalue weighted by Gasteiger charge is 2.17. The van der Waals surface area contributed by atoms with Gasteiger partial charge < -0.3 is 10.6 Å². The minimum Gasteiger partial charge on any atom is -0.335 e. The van der Waals surface area contributed by atoms with Crippen LogP contribution in [0.5, 0.6) is 0 Å². The first-order chi connectivity index (χ1) is 7.09. The fourth-order valence-corrected chi connectivity index (χ4v) is 1.85. The lowest BCUT2D eigenvalue weighted by molar-refractivity contribution is 0.226. The van der Waals surface area contributed by atoms with Crippen molar-refractivity contribution in [2.75, 3.05) is 0 Å². The lowest BCUT2D eigenvalue weighted by atomic mass is 9.96. The molecule has 1 aliphatic rings. The van der Waals surface area contributed by atoms with E-state index in [0.29, 0.717) is 12.0 Å². The molecule has 0 heterocycles. The van der Waals surface area contributed by atoms with Crippen LogP contribution >= 0.6 is 0 Å². The summed E-state index contributed by atoms with van der Waals surface area (Å²) in [7, 11) is 0. The van der Waals surface area contributed by atoms with Gasteiger partial charge in [0.15, 0.2) is 0 Å². The van der Waals surface area contributed by atoms with Crippen LogP contribution in [0.15, 0.2) is 0 Å². The molecule has 0 spiro atoms. The maximum Gasteiger partial charge on any atom is 0.315 e. The van der Waals surface area contributed by atoms with Crippen molar-refractivity contribution in [3.63, 3.8) is 0 Å². The summed E-state index contributed by atoms with van der Waals surface area (Å²) in [6.07, 6.45) is 6.12. The molecule has 0 aromatic rings. The third-order valence-corrected chi connectivity index (χ3v) is 3.30. The monoisotopic (exact) mass is 212 g/mol. The van der Waals surface area contributed by atoms with Crippen LogP contribution in [-0.4, -0.2) is 18.1 Å². The summed E-state index contributed by atoms with van der Waals surface area (Å²) in [6, 6.07) is 0.648. The normalized spacial score (nSPS) is 20.0. The Hall–Kier alpha value is -0.730. The minimum atomic E-state index is 0.00287. The van der Waals surface area contributed by atoms with E-state index in [1.54, 1.807) is 0 Å². The Kier molecular flexibility index (Phi) is 4.92. The van der Waals surface area contributed by atoms with Gasteiger partial charge in [0.05, 0.1) is 0 Å². The molecule has 2 amide bonds. The Bertz CT molecular complexity index is 198. The van der Waals surface area contributed by atoms with E-state index in [0.717, 1.165) is 12.8 Å². The maximum absolute atomic E-state index is 11.6. The average Bonchev–Trinajstić information content (AvgIpc) is 2.18. The van der Waals surface area contributed by atoms with E-state index >= 15 is 0 Å². The molecular weight excluding hydrogens is 188 g/mol. The zero-order chi connectivity index (χ0) is 11.3. The van der Waals surface area contributed by atoms with Crippen LogP contribution < -0.4 is 10.6 Å². The van der Waals surface area contributed by atoms with Gasteiger partial charge in [-0.05, 0) is 25.7 Å². The van der Waals surface area contributed by atoms with Crippen LogP contribution in [0.2, 0.25) is 0 Å². The molecule has 15 heavy (non-hydrogen) atoms. The fourth-order valence-electron chi connectivity index (χ4n) is 1.85. The number of nitrogens with one attached hydrogen (secondary N) is 2. The van der Waals surface area contributed by atoms with Crippen molar-refractivity contribution in [1.82, 2.24) is 10.6 Å². The zero-order valence-corrected chi connectivity index (χ0v) is 10.2. The molecule has 1 aliphatic carbocycles. The second kappa shape index (κ2) is 5.99. The van der Waals surface area contributed by atoms with Gasteiger partial charge in [-0.2, -0.15) is 0 Å². The number of carbonyl (C=O) groups is 1. The molecule has 1 fully saturated rings. The van der Waals surface area contributed by atoms with Crippen molar-refractivity contribution in [1.29, 1.82) is 0 Å². The Balaban J connectivity index is 2.22. The van der Waals surface area contributed by atoms with E-state index < -0.39 is 0 Å². The van der Waals surface area contributed by atoms with E-state index in [1.807, 2.05) is 6.92 Å². The van der Waals surface area contributed by atoms with Crippen LogP contribution in [0.1, 0.15) is 52.9 Å². The van der Waals surface area contributed by atoms with E-state index in [1.165, 1.54) is 19.3 Å². The summed E-state index contributed by atoms with van der Waals surface area (Å²) < 4.78 is 0. The number of hydrogen-bond donors (Lipinski definition) is 2. The van der Waals surface area contributed by atoms with Crippen LogP contribution in [0.3, 0.4) is 0 Å². The molecule has 0 bridgehead atoms. The van der Waals surface area contributed by atoms with Gasteiger partial charge in [-0.3, -0.25) is 0 Å². The van der Waals surface area contributed by atoms with Gasteiger partial charge in [0.1, 0.15) is 0 Å². The Morgan fingerprint density at radius 2 is 1.73 bits per heavy atom. The summed E-state index contributed by atoms with van der Waals surface area (Å²) in [5.74, 6) is 0.488. The average molecular weight is 212 g/mol. The summed E-state index contributed by atoms with van der Waals surface area (Å²) in [4.78, 5) is 11.6. The highest BCUT2D eigenvalue weighted by molar-refractivity contribution is 5.74. The number of urea groups is 1. The molecule has 0 aromatic carbocycles. The molecule has 0 aliphatic heterocycles. The number of rotatable bonds is 3. The van der Waals surface area contributed by atoms with Crippen molar-refractivity contribution in [2.45, 2.75) is 65.0 Å². The first kappa shape index (κ1) is 12.3. The van der Waals surface area contributed by atoms with Crippen LogP contribution in [-0.2, 0) is 0 Å². The SMILES string of the molecule is CC(C)C(C)NC(=O)NC1CCCCC1. The van der Waals surface area contributed by atoms with Gasteiger partial charge >= 0.3 is 6.03 Å². The Morgan fingerprint density at radius 1 is 1.13 bits per heavy atom. The van der Waals surface area contributed by atoms with Gasteiger partial charge in [-0.25, -0.2) is 4.79 Å². The molecule has 1 saturated carbocycles. The first-order valence-corrected chi connectivity index (χ1v) is 6.16. The first-order valence-electron chi connectivity index (χ1n) is 6.16. The van der Waals surface area contributed by atoms with Gasteiger partial charge in [-0.1, -0.05) is 33.1 Å². The smallest absolute Gasteiger partial charge is 0.315 e. The van der Waals surface area contributed by atoms with Crippen molar-refractivity contribution in [3.05, 3.63) is 0 Å². The number of hydrogen-bond acceptors (Lipinski definition) is 1. The molecule has 1 unspecified atom stereocenters. The molecular formula is C12H24N2O. The number of carbonyl (C=O) groups excluding carboxylic acids is 1. The summed E-state index contributed by atoms with van der Waals surface area (Å²) in [5, 5.41) is 6.03. The third-order valence-electron chi connectivity index (χ3n) is 3.30. The minimum absolute atomic E-state index is 0.00287. The predicted octanol–water partition coefficient (Wildman–Crippen LogP) is 2.66.